The van der Waals surface area contributed by atoms with Crippen LogP contribution in [-0.4, -0.2) is 44.8 Å². The quantitative estimate of drug-likeness (QED) is 0.141. The number of rotatable bonds is 10. The van der Waals surface area contributed by atoms with Gasteiger partial charge in [-0.15, -0.1) is 0 Å². The van der Waals surface area contributed by atoms with Gasteiger partial charge < -0.3 is 18.8 Å². The molecule has 0 aliphatic rings. The Kier molecular flexibility index (Phi) is 9.54. The van der Waals surface area contributed by atoms with Gasteiger partial charge in [0.1, 0.15) is 41.2 Å². The number of fused-ring (bicyclic) bond motifs is 1. The van der Waals surface area contributed by atoms with E-state index in [2.05, 4.69) is 30.9 Å². The second-order valence-electron chi connectivity index (χ2n) is 11.2. The number of hydrogen-bond acceptors (Lipinski definition) is 7. The molecule has 3 heterocycles. The van der Waals surface area contributed by atoms with E-state index < -0.39 is 29.0 Å². The third kappa shape index (κ3) is 7.69. The third-order valence-electron chi connectivity index (χ3n) is 6.71. The average Bonchev–Trinajstić information content (AvgIpc) is 3.32. The summed E-state index contributed by atoms with van der Waals surface area (Å²) in [5.41, 5.74) is 1.15. The Hall–Kier alpha value is -4.29. The van der Waals surface area contributed by atoms with Gasteiger partial charge in [-0.3, -0.25) is 4.98 Å². The van der Waals surface area contributed by atoms with Crippen molar-refractivity contribution in [2.45, 2.75) is 45.9 Å². The highest BCUT2D eigenvalue weighted by molar-refractivity contribution is 9.10. The van der Waals surface area contributed by atoms with Crippen LogP contribution in [0.3, 0.4) is 0 Å². The molecule has 0 radical (unpaired) electrons. The molecular weight excluding hydrogens is 653 g/mol. The first-order valence-corrected chi connectivity index (χ1v) is 14.8. The van der Waals surface area contributed by atoms with Crippen molar-refractivity contribution in [3.8, 4) is 17.1 Å². The fraction of sp³-hybridized carbons (Fsp3) is 0.273. The minimum Gasteiger partial charge on any atom is -0.471 e. The van der Waals surface area contributed by atoms with Crippen LogP contribution in [-0.2, 0) is 29.0 Å². The minimum atomic E-state index is -0.691. The van der Waals surface area contributed by atoms with Gasteiger partial charge >= 0.3 is 5.97 Å². The summed E-state index contributed by atoms with van der Waals surface area (Å²) in [4.78, 5) is 25.6. The van der Waals surface area contributed by atoms with E-state index in [1.54, 1.807) is 52.1 Å². The van der Waals surface area contributed by atoms with Crippen LogP contribution in [0.2, 0.25) is 0 Å². The number of benzene rings is 2. The number of carbonyl (C=O) groups excluding carboxylic acids is 1. The molecule has 12 heteroatoms. The van der Waals surface area contributed by atoms with Crippen LogP contribution in [0.15, 0.2) is 65.3 Å². The number of pyridine rings is 2. The molecule has 8 nitrogen and oxygen atoms in total. The predicted molar refractivity (Wildman–Crippen MR) is 165 cm³/mol. The van der Waals surface area contributed by atoms with E-state index in [4.69, 9.17) is 14.2 Å². The number of esters is 1. The maximum absolute atomic E-state index is 15.5. The molecule has 0 saturated heterocycles. The first-order valence-electron chi connectivity index (χ1n) is 14.0. The van der Waals surface area contributed by atoms with Crippen molar-refractivity contribution in [2.75, 3.05) is 13.7 Å². The highest BCUT2D eigenvalue weighted by Crippen LogP contribution is 2.28. The Bertz CT molecular complexity index is 1870. The van der Waals surface area contributed by atoms with Gasteiger partial charge in [0.05, 0.1) is 28.9 Å². The lowest BCUT2D eigenvalue weighted by molar-refractivity contribution is 0.00696. The zero-order chi connectivity index (χ0) is 32.3. The summed E-state index contributed by atoms with van der Waals surface area (Å²) in [6, 6.07) is 13.1. The van der Waals surface area contributed by atoms with Crippen LogP contribution in [0.4, 0.5) is 13.2 Å². The lowest BCUT2D eigenvalue weighted by Crippen LogP contribution is -2.23. The molecule has 0 N–H and O–H groups in total. The number of halogens is 4. The maximum atomic E-state index is 15.5. The molecule has 0 amide bonds. The van der Waals surface area contributed by atoms with Gasteiger partial charge in [0.25, 0.3) is 0 Å². The summed E-state index contributed by atoms with van der Waals surface area (Å²) in [5, 5.41) is 0. The highest BCUT2D eigenvalue weighted by Gasteiger charge is 2.21. The lowest BCUT2D eigenvalue weighted by atomic mass is 10.0. The summed E-state index contributed by atoms with van der Waals surface area (Å²) in [6.45, 7) is 5.87. The average molecular weight is 684 g/mol. The van der Waals surface area contributed by atoms with Gasteiger partial charge in [-0.25, -0.2) is 27.9 Å². The van der Waals surface area contributed by atoms with Crippen LogP contribution < -0.4 is 4.74 Å². The Morgan fingerprint density at radius 2 is 1.78 bits per heavy atom. The third-order valence-corrected chi connectivity index (χ3v) is 7.14. The molecular formula is C33H30BrF3N4O4. The Morgan fingerprint density at radius 1 is 0.978 bits per heavy atom. The smallest absolute Gasteiger partial charge is 0.338 e. The summed E-state index contributed by atoms with van der Waals surface area (Å²) >= 11 is 3.15. The molecule has 2 aromatic carbocycles. The highest BCUT2D eigenvalue weighted by atomic mass is 79.9. The van der Waals surface area contributed by atoms with E-state index in [9.17, 15) is 9.18 Å². The van der Waals surface area contributed by atoms with Crippen molar-refractivity contribution in [1.82, 2.24) is 19.5 Å². The van der Waals surface area contributed by atoms with E-state index in [-0.39, 0.29) is 41.4 Å². The fourth-order valence-corrected chi connectivity index (χ4v) is 4.93. The second kappa shape index (κ2) is 13.4. The summed E-state index contributed by atoms with van der Waals surface area (Å²) in [5.74, 6) is -1.81. The van der Waals surface area contributed by atoms with E-state index in [0.29, 0.717) is 40.0 Å². The molecule has 0 unspecified atom stereocenters. The predicted octanol–water partition coefficient (Wildman–Crippen LogP) is 7.44. The molecule has 3 aromatic heterocycles. The largest absolute Gasteiger partial charge is 0.471 e. The van der Waals surface area contributed by atoms with Crippen molar-refractivity contribution in [2.24, 2.45) is 0 Å². The van der Waals surface area contributed by atoms with Crippen LogP contribution in [0.25, 0.3) is 22.3 Å². The van der Waals surface area contributed by atoms with Gasteiger partial charge in [-0.1, -0.05) is 6.07 Å². The number of ether oxygens (including phenoxy) is 3. The zero-order valence-electron chi connectivity index (χ0n) is 25.0. The Balaban J connectivity index is 1.41. The molecule has 5 rings (SSSR count). The van der Waals surface area contributed by atoms with Crippen LogP contribution >= 0.6 is 15.9 Å². The molecule has 45 heavy (non-hydrogen) atoms. The molecule has 0 bridgehead atoms. The van der Waals surface area contributed by atoms with E-state index in [1.807, 2.05) is 4.57 Å². The molecule has 5 aromatic rings. The number of aromatic nitrogens is 4. The molecule has 0 fully saturated rings. The first-order chi connectivity index (χ1) is 21.4. The number of carbonyl (C=O) groups is 1. The molecule has 0 atom stereocenters. The second-order valence-corrected chi connectivity index (χ2v) is 12.1. The number of imidazole rings is 1. The molecule has 0 aliphatic heterocycles. The summed E-state index contributed by atoms with van der Waals surface area (Å²) < 4.78 is 63.8. The normalized spacial score (nSPS) is 11.6. The SMILES string of the molecule is COCCn1c(Cc2cc(F)c(-c3cccc(OCc4ncc(Br)cc4F)n3)cc2F)nc2ccc(C(=O)OC(C)(C)C)cc21. The van der Waals surface area contributed by atoms with Gasteiger partial charge in [-0.2, -0.15) is 0 Å². The van der Waals surface area contributed by atoms with Crippen molar-refractivity contribution >= 4 is 32.9 Å². The maximum Gasteiger partial charge on any atom is 0.338 e. The van der Waals surface area contributed by atoms with Gasteiger partial charge in [-0.05, 0) is 84.7 Å². The molecule has 0 aliphatic carbocycles. The Labute approximate surface area is 266 Å². The number of nitrogens with zero attached hydrogens (tertiary/aromatic N) is 4. The zero-order valence-corrected chi connectivity index (χ0v) is 26.6. The van der Waals surface area contributed by atoms with Crippen LogP contribution in [0.5, 0.6) is 5.88 Å². The van der Waals surface area contributed by atoms with E-state index in [1.165, 1.54) is 24.4 Å². The lowest BCUT2D eigenvalue weighted by Gasteiger charge is -2.19. The van der Waals surface area contributed by atoms with E-state index in [0.717, 1.165) is 12.1 Å². The van der Waals surface area contributed by atoms with Gasteiger partial charge in [0.15, 0.2) is 0 Å². The number of methoxy groups -OCH3 is 1. The number of hydrogen-bond donors (Lipinski definition) is 0. The monoisotopic (exact) mass is 682 g/mol. The molecule has 0 spiro atoms. The summed E-state index contributed by atoms with van der Waals surface area (Å²) in [7, 11) is 1.56. The van der Waals surface area contributed by atoms with Crippen molar-refractivity contribution < 1.29 is 32.2 Å². The van der Waals surface area contributed by atoms with Crippen molar-refractivity contribution in [3.05, 3.63) is 105 Å². The Morgan fingerprint density at radius 3 is 2.51 bits per heavy atom. The summed E-state index contributed by atoms with van der Waals surface area (Å²) in [6.07, 6.45) is 1.42. The molecule has 0 saturated carbocycles. The van der Waals surface area contributed by atoms with Gasteiger partial charge in [0, 0.05) is 42.4 Å². The first kappa shape index (κ1) is 32.1. The van der Waals surface area contributed by atoms with Gasteiger partial charge in [0.2, 0.25) is 5.88 Å². The fourth-order valence-electron chi connectivity index (χ4n) is 4.63. The topological polar surface area (TPSA) is 88.4 Å². The van der Waals surface area contributed by atoms with Crippen molar-refractivity contribution in [3.63, 3.8) is 0 Å². The minimum absolute atomic E-state index is 0.0223. The standard InChI is InChI=1S/C33H30BrF3N4O4/c1-33(2,3)45-32(42)19-8-9-27-29(13-19)41(10-11-43-4)30(39-27)14-20-12-24(36)22(16-23(20)35)26-6-5-7-31(40-26)44-18-28-25(37)15-21(34)17-38-28/h5-9,12-13,15-17H,10-11,14,18H2,1-4H3. The van der Waals surface area contributed by atoms with E-state index >= 15 is 8.78 Å². The van der Waals surface area contributed by atoms with Crippen LogP contribution in [0.1, 0.15) is 48.2 Å². The molecule has 234 valence electrons. The van der Waals surface area contributed by atoms with Crippen molar-refractivity contribution in [1.29, 1.82) is 0 Å². The van der Waals surface area contributed by atoms with Crippen LogP contribution in [0, 0.1) is 17.5 Å².